The van der Waals surface area contributed by atoms with Crippen LogP contribution in [0, 0.1) is 0 Å². The van der Waals surface area contributed by atoms with Gasteiger partial charge in [0.25, 0.3) is 18.2 Å². The van der Waals surface area contributed by atoms with E-state index in [-0.39, 0.29) is 43.4 Å². The lowest BCUT2D eigenvalue weighted by molar-refractivity contribution is -0.127. The molecule has 2 aliphatic rings. The number of anilines is 1. The molecule has 198 valence electrons. The van der Waals surface area contributed by atoms with E-state index in [0.717, 1.165) is 0 Å². The summed E-state index contributed by atoms with van der Waals surface area (Å²) in [7, 11) is 0. The van der Waals surface area contributed by atoms with Gasteiger partial charge < -0.3 is 20.9 Å². The first-order chi connectivity index (χ1) is 18.1. The molecule has 0 atom stereocenters. The number of nitrogens with zero attached hydrogens (tertiary/aromatic N) is 3. The number of carbonyl (C=O) groups is 4. The molecule has 2 aliphatic heterocycles. The Kier molecular flexibility index (Phi) is 6.51. The Bertz CT molecular complexity index is 1470. The number of hydrogen-bond acceptors (Lipinski definition) is 5. The topological polar surface area (TPSA) is 141 Å². The summed E-state index contributed by atoms with van der Waals surface area (Å²) in [6.45, 7) is -0.771. The molecular weight excluding hydrogens is 522 g/mol. The van der Waals surface area contributed by atoms with Crippen molar-refractivity contribution in [3.8, 4) is 0 Å². The minimum absolute atomic E-state index is 0.0349. The monoisotopic (exact) mass is 544 g/mol. The Labute approximate surface area is 220 Å². The third-order valence-electron chi connectivity index (χ3n) is 7.12. The van der Waals surface area contributed by atoms with Crippen molar-refractivity contribution in [3.63, 3.8) is 0 Å². The Morgan fingerprint density at radius 2 is 1.92 bits per heavy atom. The second kappa shape index (κ2) is 9.67. The molecule has 4 amide bonds. The smallest absolute Gasteiger partial charge is 0.269 e. The summed E-state index contributed by atoms with van der Waals surface area (Å²) in [6.07, 6.45) is -2.20. The van der Waals surface area contributed by atoms with Crippen molar-refractivity contribution in [1.29, 1.82) is 0 Å². The van der Waals surface area contributed by atoms with E-state index < -0.39 is 36.7 Å². The van der Waals surface area contributed by atoms with Gasteiger partial charge in [0.2, 0.25) is 11.8 Å². The molecule has 3 aromatic rings. The van der Waals surface area contributed by atoms with Crippen LogP contribution in [0.25, 0.3) is 10.9 Å². The number of aromatic nitrogens is 2. The van der Waals surface area contributed by atoms with Crippen molar-refractivity contribution < 1.29 is 28.0 Å². The number of H-pyrrole nitrogens is 1. The zero-order valence-corrected chi connectivity index (χ0v) is 20.7. The number of primary amides is 1. The van der Waals surface area contributed by atoms with Crippen molar-refractivity contribution in [2.75, 3.05) is 31.1 Å². The molecule has 5 rings (SSSR count). The largest absolute Gasteiger partial charge is 0.364 e. The van der Waals surface area contributed by atoms with Gasteiger partial charge in [-0.05, 0) is 43.2 Å². The molecule has 0 saturated carbocycles. The Morgan fingerprint density at radius 1 is 1.18 bits per heavy atom. The number of aromatic amines is 1. The van der Waals surface area contributed by atoms with Gasteiger partial charge in [-0.2, -0.15) is 5.10 Å². The average Bonchev–Trinajstić information content (AvgIpc) is 3.42. The van der Waals surface area contributed by atoms with Crippen molar-refractivity contribution >= 4 is 51.8 Å². The maximum absolute atomic E-state index is 13.7. The molecule has 0 aliphatic carbocycles. The van der Waals surface area contributed by atoms with E-state index in [0.29, 0.717) is 32.7 Å². The predicted octanol–water partition coefficient (Wildman–Crippen LogP) is 2.22. The molecule has 1 spiro atoms. The van der Waals surface area contributed by atoms with Gasteiger partial charge in [0, 0.05) is 34.6 Å². The highest BCUT2D eigenvalue weighted by Gasteiger charge is 2.53. The minimum Gasteiger partial charge on any atom is -0.364 e. The first-order valence-corrected chi connectivity index (χ1v) is 12.2. The van der Waals surface area contributed by atoms with Crippen LogP contribution in [0.4, 0.5) is 14.5 Å². The summed E-state index contributed by atoms with van der Waals surface area (Å²) in [6, 6.07) is 9.79. The predicted molar refractivity (Wildman–Crippen MR) is 134 cm³/mol. The quantitative estimate of drug-likeness (QED) is 0.436. The van der Waals surface area contributed by atoms with Gasteiger partial charge in [-0.25, -0.2) is 8.78 Å². The van der Waals surface area contributed by atoms with Crippen LogP contribution in [0.3, 0.4) is 0 Å². The number of fused-ring (bicyclic) bond motifs is 3. The first kappa shape index (κ1) is 25.6. The highest BCUT2D eigenvalue weighted by molar-refractivity contribution is 6.33. The lowest BCUT2D eigenvalue weighted by atomic mass is 9.73. The zero-order chi connectivity index (χ0) is 27.2. The lowest BCUT2D eigenvalue weighted by Crippen LogP contribution is -2.51. The molecule has 2 aromatic carbocycles. The van der Waals surface area contributed by atoms with Gasteiger partial charge >= 0.3 is 0 Å². The minimum atomic E-state index is -2.71. The van der Waals surface area contributed by atoms with E-state index in [1.165, 1.54) is 4.90 Å². The van der Waals surface area contributed by atoms with Crippen LogP contribution >= 0.6 is 11.6 Å². The molecule has 13 heteroatoms. The summed E-state index contributed by atoms with van der Waals surface area (Å²) >= 11 is 6.54. The van der Waals surface area contributed by atoms with Crippen molar-refractivity contribution in [2.45, 2.75) is 24.7 Å². The fourth-order valence-corrected chi connectivity index (χ4v) is 5.66. The second-order valence-electron chi connectivity index (χ2n) is 9.29. The highest BCUT2D eigenvalue weighted by atomic mass is 35.5. The zero-order valence-electron chi connectivity index (χ0n) is 20.0. The number of piperidine rings is 1. The van der Waals surface area contributed by atoms with Gasteiger partial charge in [-0.15, -0.1) is 0 Å². The van der Waals surface area contributed by atoms with Crippen molar-refractivity contribution in [3.05, 3.63) is 58.2 Å². The van der Waals surface area contributed by atoms with Crippen LogP contribution in [0.1, 0.15) is 39.3 Å². The number of benzene rings is 2. The number of amides is 4. The van der Waals surface area contributed by atoms with Crippen LogP contribution < -0.4 is 16.0 Å². The Balaban J connectivity index is 1.37. The third kappa shape index (κ3) is 4.24. The van der Waals surface area contributed by atoms with Crippen molar-refractivity contribution in [1.82, 2.24) is 20.4 Å². The van der Waals surface area contributed by atoms with Crippen molar-refractivity contribution in [2.24, 2.45) is 5.73 Å². The number of alkyl halides is 2. The highest BCUT2D eigenvalue weighted by Crippen LogP contribution is 2.50. The van der Waals surface area contributed by atoms with Gasteiger partial charge in [0.15, 0.2) is 5.69 Å². The van der Waals surface area contributed by atoms with E-state index >= 15 is 0 Å². The standard InChI is InChI=1S/C25H23ClF2N6O4/c26-15-2-1-3-17-20(15)25(24(38)34(17)12-19(35)30-11-18(27)28)6-8-33(9-7-25)23(37)13-4-5-16-14(10-13)21(22(29)36)32-31-16/h1-5,10,18H,6-9,11-12H2,(H2,29,36)(H,30,35)(H,31,32). The molecule has 3 heterocycles. The normalized spacial score (nSPS) is 16.4. The molecule has 0 unspecified atom stereocenters. The van der Waals surface area contributed by atoms with E-state index in [1.807, 2.05) is 0 Å². The fraction of sp³-hybridized carbons (Fsp3) is 0.320. The van der Waals surface area contributed by atoms with Gasteiger partial charge in [-0.3, -0.25) is 24.3 Å². The first-order valence-electron chi connectivity index (χ1n) is 11.9. The molecule has 4 N–H and O–H groups in total. The van der Waals surface area contributed by atoms with Crippen LogP contribution in [0.5, 0.6) is 0 Å². The van der Waals surface area contributed by atoms with Gasteiger partial charge in [0.05, 0.1) is 23.2 Å². The molecule has 38 heavy (non-hydrogen) atoms. The number of carbonyl (C=O) groups excluding carboxylic acids is 4. The Hall–Kier alpha value is -4.06. The number of rotatable bonds is 6. The summed E-state index contributed by atoms with van der Waals surface area (Å²) < 4.78 is 25.1. The van der Waals surface area contributed by atoms with E-state index in [9.17, 15) is 28.0 Å². The molecule has 10 nitrogen and oxygen atoms in total. The third-order valence-corrected chi connectivity index (χ3v) is 7.43. The molecule has 1 saturated heterocycles. The number of halogens is 3. The molecule has 1 fully saturated rings. The summed E-state index contributed by atoms with van der Waals surface area (Å²) in [4.78, 5) is 53.9. The molecular formula is C25H23ClF2N6O4. The van der Waals surface area contributed by atoms with Gasteiger partial charge in [-0.1, -0.05) is 17.7 Å². The number of nitrogens with one attached hydrogen (secondary N) is 2. The number of hydrogen-bond donors (Lipinski definition) is 3. The summed E-state index contributed by atoms with van der Waals surface area (Å²) in [5.41, 5.74) is 6.29. The number of nitrogens with two attached hydrogens (primary N) is 1. The van der Waals surface area contributed by atoms with Crippen LogP contribution in [-0.2, 0) is 15.0 Å². The number of likely N-dealkylation sites (tertiary alicyclic amines) is 1. The molecule has 0 bridgehead atoms. The summed E-state index contributed by atoms with van der Waals surface area (Å²) in [5, 5.41) is 9.51. The fourth-order valence-electron chi connectivity index (χ4n) is 5.31. The maximum atomic E-state index is 13.7. The maximum Gasteiger partial charge on any atom is 0.269 e. The van der Waals surface area contributed by atoms with E-state index in [2.05, 4.69) is 15.5 Å². The van der Waals surface area contributed by atoms with E-state index in [1.54, 1.807) is 41.3 Å². The Morgan fingerprint density at radius 3 is 2.61 bits per heavy atom. The van der Waals surface area contributed by atoms with Gasteiger partial charge in [0.1, 0.15) is 6.54 Å². The second-order valence-corrected chi connectivity index (χ2v) is 9.70. The SMILES string of the molecule is NC(=O)c1n[nH]c2ccc(C(=O)N3CCC4(CC3)C(=O)N(CC(=O)NCC(F)F)c3cccc(Cl)c34)cc12. The lowest BCUT2D eigenvalue weighted by Gasteiger charge is -2.38. The average molecular weight is 545 g/mol. The van der Waals surface area contributed by atoms with Crippen LogP contribution in [-0.4, -0.2) is 71.3 Å². The summed E-state index contributed by atoms with van der Waals surface area (Å²) in [5.74, 6) is -2.07. The van der Waals surface area contributed by atoms with Crippen LogP contribution in [0.2, 0.25) is 5.02 Å². The van der Waals surface area contributed by atoms with Crippen LogP contribution in [0.15, 0.2) is 36.4 Å². The molecule has 0 radical (unpaired) electrons. The molecule has 1 aromatic heterocycles. The van der Waals surface area contributed by atoms with E-state index in [4.69, 9.17) is 17.3 Å².